The van der Waals surface area contributed by atoms with Crippen LogP contribution in [-0.2, 0) is 19.1 Å². The van der Waals surface area contributed by atoms with Gasteiger partial charge in [-0.2, -0.15) is 0 Å². The number of carbonyl (C=O) groups is 3. The Hall–Kier alpha value is -2.28. The Kier molecular flexibility index (Phi) is 6.64. The highest BCUT2D eigenvalue weighted by atomic mass is 32.2. The van der Waals surface area contributed by atoms with Crippen LogP contribution in [0.15, 0.2) is 41.8 Å². The third-order valence-electron chi connectivity index (χ3n) is 3.91. The molecule has 7 heteroatoms. The Labute approximate surface area is 151 Å². The van der Waals surface area contributed by atoms with Crippen molar-refractivity contribution >= 4 is 35.2 Å². The first-order valence-corrected chi connectivity index (χ1v) is 9.22. The Morgan fingerprint density at radius 3 is 2.96 bits per heavy atom. The van der Waals surface area contributed by atoms with Gasteiger partial charge < -0.3 is 15.0 Å². The predicted molar refractivity (Wildman–Crippen MR) is 97.4 cm³/mol. The van der Waals surface area contributed by atoms with Crippen molar-refractivity contribution in [1.82, 2.24) is 5.32 Å². The number of amides is 2. The van der Waals surface area contributed by atoms with Gasteiger partial charge in [-0.05, 0) is 31.4 Å². The molecular formula is C18H22N2O4S. The topological polar surface area (TPSA) is 75.7 Å². The fourth-order valence-electron chi connectivity index (χ4n) is 2.53. The molecule has 2 atom stereocenters. The molecule has 0 aromatic heterocycles. The van der Waals surface area contributed by atoms with Crippen LogP contribution < -0.4 is 10.2 Å². The Bertz CT molecular complexity index is 677. The highest BCUT2D eigenvalue weighted by molar-refractivity contribution is 7.98. The second-order valence-corrected chi connectivity index (χ2v) is 6.60. The molecule has 1 aromatic rings. The minimum Gasteiger partial charge on any atom is -0.452 e. The molecule has 2 rings (SSSR count). The van der Waals surface area contributed by atoms with Crippen LogP contribution >= 0.6 is 11.8 Å². The third-order valence-corrected chi connectivity index (χ3v) is 4.63. The molecule has 0 saturated carbocycles. The highest BCUT2D eigenvalue weighted by Crippen LogP contribution is 2.28. The number of nitrogens with one attached hydrogen (secondary N) is 1. The minimum absolute atomic E-state index is 0.0866. The van der Waals surface area contributed by atoms with Gasteiger partial charge in [-0.15, -0.1) is 18.3 Å². The first-order valence-electron chi connectivity index (χ1n) is 7.99. The number of carbonyl (C=O) groups excluding carboxylic acids is 3. The second kappa shape index (κ2) is 8.71. The number of esters is 1. The summed E-state index contributed by atoms with van der Waals surface area (Å²) in [5.74, 6) is -1.61. The van der Waals surface area contributed by atoms with Crippen LogP contribution in [0.5, 0.6) is 0 Å². The van der Waals surface area contributed by atoms with Crippen LogP contribution in [0, 0.1) is 5.92 Å². The molecule has 0 bridgehead atoms. The maximum absolute atomic E-state index is 12.3. The van der Waals surface area contributed by atoms with Crippen LogP contribution in [0.2, 0.25) is 0 Å². The number of ether oxygens (including phenoxy) is 1. The molecule has 1 N–H and O–H groups in total. The van der Waals surface area contributed by atoms with Crippen LogP contribution in [0.1, 0.15) is 13.3 Å². The van der Waals surface area contributed by atoms with E-state index in [-0.39, 0.29) is 24.8 Å². The van der Waals surface area contributed by atoms with Crippen molar-refractivity contribution in [2.45, 2.75) is 24.3 Å². The summed E-state index contributed by atoms with van der Waals surface area (Å²) in [6.07, 6.45) is 2.69. The van der Waals surface area contributed by atoms with Crippen molar-refractivity contribution in [3.05, 3.63) is 36.9 Å². The summed E-state index contributed by atoms with van der Waals surface area (Å²) in [4.78, 5) is 38.9. The average molecular weight is 362 g/mol. The fourth-order valence-corrected chi connectivity index (χ4v) is 2.99. The normalized spacial score (nSPS) is 17.9. The Morgan fingerprint density at radius 1 is 1.52 bits per heavy atom. The van der Waals surface area contributed by atoms with E-state index in [4.69, 9.17) is 4.74 Å². The van der Waals surface area contributed by atoms with Crippen LogP contribution in [0.25, 0.3) is 0 Å². The lowest BCUT2D eigenvalue weighted by Crippen LogP contribution is -2.37. The molecule has 134 valence electrons. The first-order chi connectivity index (χ1) is 12.0. The molecule has 0 aliphatic carbocycles. The van der Waals surface area contributed by atoms with E-state index in [9.17, 15) is 14.4 Å². The van der Waals surface area contributed by atoms with E-state index in [1.54, 1.807) is 22.7 Å². The van der Waals surface area contributed by atoms with Gasteiger partial charge in [0.05, 0.1) is 5.92 Å². The number of hydrogen-bond donors (Lipinski definition) is 1. The number of thioether (sulfide) groups is 1. The molecule has 2 amide bonds. The molecule has 0 radical (unpaired) electrons. The van der Waals surface area contributed by atoms with Gasteiger partial charge in [-0.1, -0.05) is 12.1 Å². The van der Waals surface area contributed by atoms with Crippen molar-refractivity contribution in [3.63, 3.8) is 0 Å². The van der Waals surface area contributed by atoms with E-state index in [2.05, 4.69) is 11.9 Å². The lowest BCUT2D eigenvalue weighted by molar-refractivity contribution is -0.158. The number of benzene rings is 1. The van der Waals surface area contributed by atoms with Crippen molar-refractivity contribution in [3.8, 4) is 0 Å². The number of hydrogen-bond acceptors (Lipinski definition) is 5. The monoisotopic (exact) mass is 362 g/mol. The molecule has 1 heterocycles. The zero-order chi connectivity index (χ0) is 18.4. The zero-order valence-electron chi connectivity index (χ0n) is 14.4. The molecule has 1 aromatic carbocycles. The molecular weight excluding hydrogens is 340 g/mol. The summed E-state index contributed by atoms with van der Waals surface area (Å²) >= 11 is 1.59. The highest BCUT2D eigenvalue weighted by Gasteiger charge is 2.37. The molecule has 0 unspecified atom stereocenters. The van der Waals surface area contributed by atoms with E-state index in [0.29, 0.717) is 6.54 Å². The van der Waals surface area contributed by atoms with Crippen molar-refractivity contribution in [2.75, 3.05) is 24.2 Å². The SMILES string of the molecule is C=CCNC(=O)[C@@H](C)OC(=O)[C@H]1CC(=O)N(c2cccc(SC)c2)C1. The predicted octanol–water partition coefficient (Wildman–Crippen LogP) is 2.00. The fraction of sp³-hybridized carbons (Fsp3) is 0.389. The van der Waals surface area contributed by atoms with Gasteiger partial charge in [0.25, 0.3) is 5.91 Å². The van der Waals surface area contributed by atoms with E-state index >= 15 is 0 Å². The van der Waals surface area contributed by atoms with E-state index in [1.165, 1.54) is 6.92 Å². The summed E-state index contributed by atoms with van der Waals surface area (Å²) in [5.41, 5.74) is 0.768. The average Bonchev–Trinajstić information content (AvgIpc) is 3.01. The first kappa shape index (κ1) is 19.1. The Balaban J connectivity index is 1.98. The molecule has 1 saturated heterocycles. The van der Waals surface area contributed by atoms with E-state index in [0.717, 1.165) is 10.6 Å². The van der Waals surface area contributed by atoms with Crippen LogP contribution in [0.4, 0.5) is 5.69 Å². The maximum Gasteiger partial charge on any atom is 0.312 e. The third kappa shape index (κ3) is 4.85. The van der Waals surface area contributed by atoms with Gasteiger partial charge in [-0.3, -0.25) is 14.4 Å². The summed E-state index contributed by atoms with van der Waals surface area (Å²) in [7, 11) is 0. The lowest BCUT2D eigenvalue weighted by Gasteiger charge is -2.18. The number of nitrogens with zero attached hydrogens (tertiary/aromatic N) is 1. The van der Waals surface area contributed by atoms with Crippen LogP contribution in [0.3, 0.4) is 0 Å². The zero-order valence-corrected chi connectivity index (χ0v) is 15.2. The lowest BCUT2D eigenvalue weighted by atomic mass is 10.1. The van der Waals surface area contributed by atoms with Crippen molar-refractivity contribution < 1.29 is 19.1 Å². The van der Waals surface area contributed by atoms with Gasteiger partial charge in [0.2, 0.25) is 5.91 Å². The second-order valence-electron chi connectivity index (χ2n) is 5.72. The van der Waals surface area contributed by atoms with Gasteiger partial charge in [0, 0.05) is 30.1 Å². The number of anilines is 1. The summed E-state index contributed by atoms with van der Waals surface area (Å²) < 4.78 is 5.20. The largest absolute Gasteiger partial charge is 0.452 e. The van der Waals surface area contributed by atoms with Gasteiger partial charge in [0.15, 0.2) is 6.10 Å². The van der Waals surface area contributed by atoms with Gasteiger partial charge in [-0.25, -0.2) is 0 Å². The van der Waals surface area contributed by atoms with E-state index in [1.807, 2.05) is 30.5 Å². The molecule has 0 spiro atoms. The van der Waals surface area contributed by atoms with Crippen LogP contribution in [-0.4, -0.2) is 43.2 Å². The van der Waals surface area contributed by atoms with Gasteiger partial charge >= 0.3 is 5.97 Å². The summed E-state index contributed by atoms with van der Waals surface area (Å²) in [6.45, 7) is 5.58. The summed E-state index contributed by atoms with van der Waals surface area (Å²) in [5, 5.41) is 2.57. The smallest absolute Gasteiger partial charge is 0.312 e. The number of rotatable bonds is 7. The molecule has 25 heavy (non-hydrogen) atoms. The van der Waals surface area contributed by atoms with Gasteiger partial charge in [0.1, 0.15) is 0 Å². The van der Waals surface area contributed by atoms with Crippen molar-refractivity contribution in [2.24, 2.45) is 5.92 Å². The maximum atomic E-state index is 12.3. The molecule has 6 nitrogen and oxygen atoms in total. The molecule has 1 fully saturated rings. The molecule has 1 aliphatic heterocycles. The minimum atomic E-state index is -0.906. The quantitative estimate of drug-likeness (QED) is 0.456. The Morgan fingerprint density at radius 2 is 2.28 bits per heavy atom. The van der Waals surface area contributed by atoms with Crippen molar-refractivity contribution in [1.29, 1.82) is 0 Å². The standard InChI is InChI=1S/C18H22N2O4S/c1-4-8-19-17(22)12(2)24-18(23)13-9-16(21)20(11-13)14-6-5-7-15(10-14)25-3/h4-7,10,12-13H,1,8-9,11H2,2-3H3,(H,19,22)/t12-,13+/m1/s1. The summed E-state index contributed by atoms with van der Waals surface area (Å²) in [6, 6.07) is 7.61. The van der Waals surface area contributed by atoms with E-state index < -0.39 is 18.0 Å². The molecule has 1 aliphatic rings.